The van der Waals surface area contributed by atoms with Gasteiger partial charge in [-0.2, -0.15) is 4.31 Å². The first-order valence-corrected chi connectivity index (χ1v) is 16.6. The highest BCUT2D eigenvalue weighted by Gasteiger charge is 2.30. The second-order valence-electron chi connectivity index (χ2n) is 10.6. The van der Waals surface area contributed by atoms with E-state index in [1.54, 1.807) is 18.3 Å². The zero-order valence-electron chi connectivity index (χ0n) is 24.3. The molecule has 2 fully saturated rings. The van der Waals surface area contributed by atoms with Crippen LogP contribution in [0.4, 0.5) is 9.93 Å². The van der Waals surface area contributed by atoms with E-state index < -0.39 is 16.1 Å². The number of fused-ring (bicyclic) bond motifs is 1. The van der Waals surface area contributed by atoms with Crippen LogP contribution >= 0.6 is 11.3 Å². The number of amides is 2. The summed E-state index contributed by atoms with van der Waals surface area (Å²) in [5.74, 6) is -0.235. The van der Waals surface area contributed by atoms with Crippen molar-refractivity contribution in [1.82, 2.24) is 24.4 Å². The fourth-order valence-electron chi connectivity index (χ4n) is 5.35. The molecule has 2 aliphatic rings. The van der Waals surface area contributed by atoms with Gasteiger partial charge in [0.15, 0.2) is 5.13 Å². The predicted molar refractivity (Wildman–Crippen MR) is 164 cm³/mol. The van der Waals surface area contributed by atoms with E-state index in [0.29, 0.717) is 12.1 Å². The average Bonchev–Trinajstić information content (AvgIpc) is 3.42. The number of rotatable bonds is 8. The predicted octanol–water partition coefficient (Wildman–Crippen LogP) is 2.93. The van der Waals surface area contributed by atoms with E-state index in [4.69, 9.17) is 9.72 Å². The lowest BCUT2D eigenvalue weighted by molar-refractivity contribution is 0.0932. The molecule has 0 spiro atoms. The van der Waals surface area contributed by atoms with E-state index >= 15 is 0 Å². The Hall–Kier alpha value is -3.26. The minimum Gasteiger partial charge on any atom is -0.450 e. The molecule has 0 radical (unpaired) electrons. The van der Waals surface area contributed by atoms with Crippen LogP contribution in [0.25, 0.3) is 10.2 Å². The highest BCUT2D eigenvalue weighted by molar-refractivity contribution is 7.89. The van der Waals surface area contributed by atoms with Crippen molar-refractivity contribution in [2.24, 2.45) is 0 Å². The van der Waals surface area contributed by atoms with Gasteiger partial charge in [0.2, 0.25) is 10.0 Å². The maximum atomic E-state index is 13.1. The van der Waals surface area contributed by atoms with E-state index in [1.807, 2.05) is 0 Å². The summed E-state index contributed by atoms with van der Waals surface area (Å²) >= 11 is 1.75. The highest BCUT2D eigenvalue weighted by atomic mass is 32.2. The molecule has 1 N–H and O–H groups in total. The van der Waals surface area contributed by atoms with Crippen LogP contribution < -0.4 is 10.2 Å². The molecule has 2 aromatic carbocycles. The van der Waals surface area contributed by atoms with E-state index in [9.17, 15) is 18.0 Å². The molecule has 5 rings (SSSR count). The Kier molecular flexibility index (Phi) is 9.31. The molecule has 0 aliphatic carbocycles. The third-order valence-electron chi connectivity index (χ3n) is 7.68. The van der Waals surface area contributed by atoms with Gasteiger partial charge in [-0.1, -0.05) is 17.4 Å². The number of thiazole rings is 1. The Bertz CT molecular complexity index is 1530. The van der Waals surface area contributed by atoms with E-state index in [1.165, 1.54) is 49.3 Å². The Morgan fingerprint density at radius 1 is 0.976 bits per heavy atom. The van der Waals surface area contributed by atoms with Crippen molar-refractivity contribution < 1.29 is 22.7 Å². The van der Waals surface area contributed by atoms with Crippen LogP contribution in [-0.4, -0.2) is 112 Å². The summed E-state index contributed by atoms with van der Waals surface area (Å²) in [6, 6.07) is 10.3. The molecule has 2 amide bonds. The summed E-state index contributed by atoms with van der Waals surface area (Å²) in [6.07, 6.45) is -0.429. The summed E-state index contributed by atoms with van der Waals surface area (Å²) in [4.78, 5) is 35.8. The van der Waals surface area contributed by atoms with Crippen LogP contribution in [0, 0.1) is 13.8 Å². The summed E-state index contributed by atoms with van der Waals surface area (Å²) in [6.45, 7) is 12.0. The molecule has 0 saturated carbocycles. The SMILES string of the molecule is CCOC(=O)N1CCN(S(=O)(=O)c2ccc(C(=O)NCCN3CCN(c4nc5cc(C)cc(C)c5s4)CC3)cc2)CC1. The number of piperazine rings is 2. The molecule has 0 bridgehead atoms. The van der Waals surface area contributed by atoms with Crippen molar-refractivity contribution in [3.05, 3.63) is 53.1 Å². The summed E-state index contributed by atoms with van der Waals surface area (Å²) in [5, 5.41) is 4.02. The Labute approximate surface area is 251 Å². The van der Waals surface area contributed by atoms with Gasteiger partial charge in [0, 0.05) is 71.0 Å². The van der Waals surface area contributed by atoms with Crippen LogP contribution in [0.5, 0.6) is 0 Å². The molecule has 0 atom stereocenters. The number of hydrogen-bond acceptors (Lipinski definition) is 9. The molecule has 0 unspecified atom stereocenters. The second-order valence-corrected chi connectivity index (χ2v) is 13.5. The van der Waals surface area contributed by atoms with Gasteiger partial charge in [-0.25, -0.2) is 18.2 Å². The van der Waals surface area contributed by atoms with Crippen LogP contribution in [0.3, 0.4) is 0 Å². The highest BCUT2D eigenvalue weighted by Crippen LogP contribution is 2.32. The van der Waals surface area contributed by atoms with Crippen molar-refractivity contribution in [1.29, 1.82) is 0 Å². The molecule has 226 valence electrons. The fraction of sp³-hybridized carbons (Fsp3) is 0.483. The van der Waals surface area contributed by atoms with Gasteiger partial charge in [-0.15, -0.1) is 0 Å². The Morgan fingerprint density at radius 2 is 1.67 bits per heavy atom. The maximum absolute atomic E-state index is 13.1. The number of aryl methyl sites for hydroxylation is 2. The number of hydrogen-bond donors (Lipinski definition) is 1. The van der Waals surface area contributed by atoms with Crippen LogP contribution in [0.15, 0.2) is 41.3 Å². The van der Waals surface area contributed by atoms with Gasteiger partial charge in [0.1, 0.15) is 0 Å². The quantitative estimate of drug-likeness (QED) is 0.412. The fourth-order valence-corrected chi connectivity index (χ4v) is 7.84. The molecule has 2 aliphatic heterocycles. The zero-order valence-corrected chi connectivity index (χ0v) is 26.0. The summed E-state index contributed by atoms with van der Waals surface area (Å²) < 4.78 is 33.8. The number of nitrogens with one attached hydrogen (secondary N) is 1. The first-order valence-electron chi connectivity index (χ1n) is 14.3. The van der Waals surface area contributed by atoms with E-state index in [0.717, 1.165) is 43.4 Å². The number of carbonyl (C=O) groups is 2. The monoisotopic (exact) mass is 614 g/mol. The minimum atomic E-state index is -3.73. The maximum Gasteiger partial charge on any atom is 0.409 e. The summed E-state index contributed by atoms with van der Waals surface area (Å²) in [7, 11) is -3.73. The van der Waals surface area contributed by atoms with Crippen molar-refractivity contribution in [2.45, 2.75) is 25.7 Å². The van der Waals surface area contributed by atoms with Gasteiger partial charge >= 0.3 is 6.09 Å². The first-order chi connectivity index (χ1) is 20.2. The molecule has 1 aromatic heterocycles. The van der Waals surface area contributed by atoms with Gasteiger partial charge in [0.05, 0.1) is 21.7 Å². The molecule has 42 heavy (non-hydrogen) atoms. The average molecular weight is 615 g/mol. The van der Waals surface area contributed by atoms with Crippen LogP contribution in [0.1, 0.15) is 28.4 Å². The lowest BCUT2D eigenvalue weighted by atomic mass is 10.1. The lowest BCUT2D eigenvalue weighted by Gasteiger charge is -2.34. The Balaban J connectivity index is 1.07. The normalized spacial score (nSPS) is 17.0. The smallest absolute Gasteiger partial charge is 0.409 e. The van der Waals surface area contributed by atoms with Crippen molar-refractivity contribution in [3.8, 4) is 0 Å². The van der Waals surface area contributed by atoms with Crippen LogP contribution in [-0.2, 0) is 14.8 Å². The summed E-state index contributed by atoms with van der Waals surface area (Å²) in [5.41, 5.74) is 3.97. The van der Waals surface area contributed by atoms with Gasteiger partial charge < -0.3 is 19.9 Å². The lowest BCUT2D eigenvalue weighted by Crippen LogP contribution is -2.50. The largest absolute Gasteiger partial charge is 0.450 e. The standard InChI is InChI=1S/C29H38N6O5S2/c1-4-40-29(37)34-15-17-35(18-16-34)42(38,39)24-7-5-23(6-8-24)27(36)30-9-10-32-11-13-33(14-12-32)28-31-25-20-21(2)19-22(3)26(25)41-28/h5-8,19-20H,4,9-18H2,1-3H3,(H,30,36). The Morgan fingerprint density at radius 3 is 2.33 bits per heavy atom. The molecule has 3 aromatic rings. The number of carbonyl (C=O) groups excluding carboxylic acids is 2. The third kappa shape index (κ3) is 6.69. The van der Waals surface area contributed by atoms with Crippen molar-refractivity contribution in [2.75, 3.05) is 77.0 Å². The second kappa shape index (κ2) is 12.9. The number of anilines is 1. The topological polar surface area (TPSA) is 115 Å². The van der Waals surface area contributed by atoms with Gasteiger partial charge in [0.25, 0.3) is 5.91 Å². The molecule has 11 nitrogen and oxygen atoms in total. The van der Waals surface area contributed by atoms with E-state index in [2.05, 4.69) is 41.1 Å². The van der Waals surface area contributed by atoms with E-state index in [-0.39, 0.29) is 43.6 Å². The number of ether oxygens (including phenoxy) is 1. The molecule has 13 heteroatoms. The van der Waals surface area contributed by atoms with Crippen molar-refractivity contribution >= 4 is 48.7 Å². The van der Waals surface area contributed by atoms with Crippen molar-refractivity contribution in [3.63, 3.8) is 0 Å². The van der Waals surface area contributed by atoms with Gasteiger partial charge in [-0.3, -0.25) is 9.69 Å². The third-order valence-corrected chi connectivity index (χ3v) is 10.9. The number of aromatic nitrogens is 1. The molecule has 2 saturated heterocycles. The minimum absolute atomic E-state index is 0.125. The first kappa shape index (κ1) is 30.2. The molecular formula is C29H38N6O5S2. The van der Waals surface area contributed by atoms with Crippen LogP contribution in [0.2, 0.25) is 0 Å². The number of benzene rings is 2. The zero-order chi connectivity index (χ0) is 29.9. The molecular weight excluding hydrogens is 576 g/mol. The molecule has 3 heterocycles. The number of sulfonamides is 1. The number of nitrogens with zero attached hydrogens (tertiary/aromatic N) is 5. The van der Waals surface area contributed by atoms with Gasteiger partial charge in [-0.05, 0) is 62.2 Å².